The average molecular weight is 817 g/mol. The molecule has 6 atom stereocenters. The number of Topliss-reactive ketones (excluding diaryl/α,β-unsaturated/α-hetero) is 2. The van der Waals surface area contributed by atoms with Crippen LogP contribution in [-0.2, 0) is 48.0 Å². The molecule has 1 saturated heterocycles. The molecule has 0 bridgehead atoms. The second kappa shape index (κ2) is 20.2. The number of unbranched alkanes of at least 4 members (excludes halogenated alkanes) is 1. The van der Waals surface area contributed by atoms with Crippen molar-refractivity contribution in [2.45, 2.75) is 88.9 Å². The van der Waals surface area contributed by atoms with Gasteiger partial charge in [0.2, 0.25) is 23.6 Å². The number of rotatable bonds is 22. The molecular weight excluding hydrogens is 761 g/mol. The molecule has 1 fully saturated rings. The van der Waals surface area contributed by atoms with Crippen molar-refractivity contribution in [1.29, 1.82) is 0 Å². The normalized spacial score (nSPS) is 16.6. The molecule has 14 heteroatoms. The molecule has 10 N–H and O–H groups in total. The number of carbonyl (C=O) groups excluding carboxylic acids is 6. The van der Waals surface area contributed by atoms with E-state index in [4.69, 9.17) is 17.2 Å². The topological polar surface area (TPSA) is 239 Å². The molecule has 6 rings (SSSR count). The lowest BCUT2D eigenvalue weighted by molar-refractivity contribution is -0.138. The van der Waals surface area contributed by atoms with Gasteiger partial charge in [0, 0.05) is 84.3 Å². The van der Waals surface area contributed by atoms with Crippen LogP contribution in [-0.4, -0.2) is 87.3 Å². The molecule has 0 unspecified atom stereocenters. The summed E-state index contributed by atoms with van der Waals surface area (Å²) in [6.07, 6.45) is 5.54. The van der Waals surface area contributed by atoms with E-state index >= 15 is 0 Å². The smallest absolute Gasteiger partial charge is 0.243 e. The van der Waals surface area contributed by atoms with Crippen LogP contribution in [0, 0.1) is 11.8 Å². The quantitative estimate of drug-likeness (QED) is 0.0510. The fourth-order valence-electron chi connectivity index (χ4n) is 8.20. The standard InChI is InChI=1S/C46H56N8O6/c1-28(52-46(60)40(54-27-34(48)24-43(54)57)21-33-26-51-38-17-8-6-15-36(33)38)41(55)23-31(20-32-25-50-37-16-7-5-14-35(32)37)45(59)53-39(19-29-11-3-2-4-12-29)42(56)22-30(44(49)58)13-9-10-18-47/h2-8,11-12,14-17,25-26,28,30-31,34,39-40,50-51H,9-10,13,18-24,27,47-48H2,1H3,(H2,49,58)(H,52,60)(H,53,59)/t28-,30+,31+,34+,39+,40+/m0/s1. The predicted molar refractivity (Wildman–Crippen MR) is 230 cm³/mol. The first-order valence-corrected chi connectivity index (χ1v) is 20.8. The summed E-state index contributed by atoms with van der Waals surface area (Å²) in [4.78, 5) is 90.2. The van der Waals surface area contributed by atoms with E-state index < -0.39 is 59.5 Å². The molecule has 2 aromatic heterocycles. The van der Waals surface area contributed by atoms with Gasteiger partial charge in [0.1, 0.15) is 6.04 Å². The molecule has 1 aliphatic heterocycles. The van der Waals surface area contributed by atoms with Crippen LogP contribution in [0.4, 0.5) is 0 Å². The second-order valence-electron chi connectivity index (χ2n) is 16.1. The highest BCUT2D eigenvalue weighted by molar-refractivity contribution is 5.97. The van der Waals surface area contributed by atoms with Gasteiger partial charge in [0.05, 0.1) is 12.1 Å². The van der Waals surface area contributed by atoms with Crippen LogP contribution in [0.3, 0.4) is 0 Å². The summed E-state index contributed by atoms with van der Waals surface area (Å²) in [7, 11) is 0. The molecule has 1 aliphatic rings. The number of benzene rings is 3. The van der Waals surface area contributed by atoms with Crippen molar-refractivity contribution in [2.75, 3.05) is 13.1 Å². The summed E-state index contributed by atoms with van der Waals surface area (Å²) in [6, 6.07) is 21.1. The molecule has 0 spiro atoms. The molecule has 0 radical (unpaired) electrons. The van der Waals surface area contributed by atoms with E-state index in [0.29, 0.717) is 25.8 Å². The third-order valence-electron chi connectivity index (χ3n) is 11.6. The van der Waals surface area contributed by atoms with E-state index in [0.717, 1.165) is 38.5 Å². The van der Waals surface area contributed by atoms with Gasteiger partial charge >= 0.3 is 0 Å². The third-order valence-corrected chi connectivity index (χ3v) is 11.6. The maximum Gasteiger partial charge on any atom is 0.243 e. The lowest BCUT2D eigenvalue weighted by Crippen LogP contribution is -2.53. The number of primary amides is 1. The number of ketones is 2. The van der Waals surface area contributed by atoms with Crippen LogP contribution < -0.4 is 27.8 Å². The summed E-state index contributed by atoms with van der Waals surface area (Å²) < 4.78 is 0. The second-order valence-corrected chi connectivity index (χ2v) is 16.1. The lowest BCUT2D eigenvalue weighted by atomic mass is 9.88. The molecule has 316 valence electrons. The van der Waals surface area contributed by atoms with Crippen LogP contribution >= 0.6 is 0 Å². The number of para-hydroxylation sites is 2. The van der Waals surface area contributed by atoms with Crippen molar-refractivity contribution in [3.8, 4) is 0 Å². The molecule has 14 nitrogen and oxygen atoms in total. The Morgan fingerprint density at radius 2 is 1.35 bits per heavy atom. The van der Waals surface area contributed by atoms with Crippen LogP contribution in [0.5, 0.6) is 0 Å². The molecule has 0 saturated carbocycles. The van der Waals surface area contributed by atoms with Crippen LogP contribution in [0.1, 0.15) is 62.1 Å². The van der Waals surface area contributed by atoms with E-state index in [2.05, 4.69) is 20.6 Å². The first-order valence-electron chi connectivity index (χ1n) is 20.8. The Kier molecular flexibility index (Phi) is 14.7. The molecule has 5 aromatic rings. The summed E-state index contributed by atoms with van der Waals surface area (Å²) in [5.41, 5.74) is 21.7. The van der Waals surface area contributed by atoms with Crippen LogP contribution in [0.2, 0.25) is 0 Å². The number of aromatic nitrogens is 2. The minimum atomic E-state index is -1.03. The van der Waals surface area contributed by atoms with Gasteiger partial charge in [-0.25, -0.2) is 0 Å². The maximum atomic E-state index is 14.5. The monoisotopic (exact) mass is 816 g/mol. The summed E-state index contributed by atoms with van der Waals surface area (Å²) in [5.74, 6) is -4.28. The number of amides is 4. The fourth-order valence-corrected chi connectivity index (χ4v) is 8.20. The highest BCUT2D eigenvalue weighted by Gasteiger charge is 2.38. The Labute approximate surface area is 349 Å². The van der Waals surface area contributed by atoms with E-state index in [9.17, 15) is 28.8 Å². The lowest BCUT2D eigenvalue weighted by Gasteiger charge is -2.28. The number of H-pyrrole nitrogens is 2. The van der Waals surface area contributed by atoms with E-state index in [-0.39, 0.29) is 56.8 Å². The number of carbonyl (C=O) groups is 6. The van der Waals surface area contributed by atoms with Crippen molar-refractivity contribution < 1.29 is 28.8 Å². The fraction of sp³-hybridized carbons (Fsp3) is 0.391. The van der Waals surface area contributed by atoms with E-state index in [1.54, 1.807) is 13.1 Å². The minimum absolute atomic E-state index is 0.113. The highest BCUT2D eigenvalue weighted by Crippen LogP contribution is 2.26. The molecule has 4 amide bonds. The number of likely N-dealkylation sites (tertiary alicyclic amines) is 1. The number of fused-ring (bicyclic) bond motifs is 2. The Bertz CT molecular complexity index is 2300. The third kappa shape index (κ3) is 10.9. The summed E-state index contributed by atoms with van der Waals surface area (Å²) in [5, 5.41) is 7.61. The van der Waals surface area contributed by atoms with Crippen molar-refractivity contribution >= 4 is 57.0 Å². The summed E-state index contributed by atoms with van der Waals surface area (Å²) >= 11 is 0. The first-order chi connectivity index (χ1) is 28.9. The molecular formula is C46H56N8O6. The van der Waals surface area contributed by atoms with Crippen LogP contribution in [0.15, 0.2) is 91.3 Å². The van der Waals surface area contributed by atoms with Gasteiger partial charge in [-0.05, 0) is 68.0 Å². The number of aromatic amines is 2. The average Bonchev–Trinajstić information content (AvgIpc) is 3.94. The Balaban J connectivity index is 1.23. The zero-order chi connectivity index (χ0) is 42.8. The van der Waals surface area contributed by atoms with Gasteiger partial charge in [-0.15, -0.1) is 0 Å². The van der Waals surface area contributed by atoms with E-state index in [1.807, 2.05) is 85.1 Å². The number of nitrogens with zero attached hydrogens (tertiary/aromatic N) is 1. The van der Waals surface area contributed by atoms with Crippen molar-refractivity contribution in [1.82, 2.24) is 25.5 Å². The molecule has 0 aliphatic carbocycles. The van der Waals surface area contributed by atoms with Gasteiger partial charge in [0.15, 0.2) is 11.6 Å². The molecule has 3 heterocycles. The number of hydrogen-bond acceptors (Lipinski definition) is 8. The van der Waals surface area contributed by atoms with Crippen molar-refractivity contribution in [2.24, 2.45) is 29.0 Å². The number of nitrogens with one attached hydrogen (secondary N) is 4. The van der Waals surface area contributed by atoms with Gasteiger partial charge in [0.25, 0.3) is 0 Å². The Hall–Kier alpha value is -6.12. The first kappa shape index (κ1) is 43.5. The van der Waals surface area contributed by atoms with Gasteiger partial charge < -0.3 is 42.7 Å². The highest BCUT2D eigenvalue weighted by atomic mass is 16.2. The number of nitrogens with two attached hydrogens (primary N) is 3. The maximum absolute atomic E-state index is 14.5. The Morgan fingerprint density at radius 3 is 1.95 bits per heavy atom. The molecule has 60 heavy (non-hydrogen) atoms. The molecule has 3 aromatic carbocycles. The number of hydrogen-bond donors (Lipinski definition) is 7. The predicted octanol–water partition coefficient (Wildman–Crippen LogP) is 3.36. The van der Waals surface area contributed by atoms with Gasteiger partial charge in [-0.3, -0.25) is 28.8 Å². The van der Waals surface area contributed by atoms with Gasteiger partial charge in [-0.1, -0.05) is 73.2 Å². The SMILES string of the molecule is C[C@H](NC(=O)[C@@H](Cc1c[nH]c2ccccc12)N1C[C@H](N)CC1=O)C(=O)C[C@@H](Cc1c[nH]c2ccccc12)C(=O)N[C@H](Cc1ccccc1)C(=O)C[C@@H](CCCCN)C(N)=O. The largest absolute Gasteiger partial charge is 0.369 e. The van der Waals surface area contributed by atoms with Crippen molar-refractivity contribution in [3.05, 3.63) is 108 Å². The van der Waals surface area contributed by atoms with E-state index in [1.165, 1.54) is 4.90 Å². The van der Waals surface area contributed by atoms with Crippen LogP contribution in [0.25, 0.3) is 21.8 Å². The zero-order valence-corrected chi connectivity index (χ0v) is 34.0. The zero-order valence-electron chi connectivity index (χ0n) is 34.0. The summed E-state index contributed by atoms with van der Waals surface area (Å²) in [6.45, 7) is 2.21. The minimum Gasteiger partial charge on any atom is -0.369 e. The van der Waals surface area contributed by atoms with Crippen molar-refractivity contribution in [3.63, 3.8) is 0 Å². The Morgan fingerprint density at radius 1 is 0.750 bits per heavy atom. The van der Waals surface area contributed by atoms with Gasteiger partial charge in [-0.2, -0.15) is 0 Å².